The van der Waals surface area contributed by atoms with Crippen LogP contribution >= 0.6 is 11.6 Å². The topological polar surface area (TPSA) is 84.5 Å². The summed E-state index contributed by atoms with van der Waals surface area (Å²) in [5, 5.41) is 5.90. The molecule has 0 heterocycles. The highest BCUT2D eigenvalue weighted by molar-refractivity contribution is 6.30. The Hall–Kier alpha value is -2.86. The normalized spacial score (nSPS) is 10.1. The van der Waals surface area contributed by atoms with Gasteiger partial charge in [-0.3, -0.25) is 14.4 Å². The molecule has 2 rings (SSSR count). The Morgan fingerprint density at radius 1 is 1.00 bits per heavy atom. The number of nitrogens with one attached hydrogen (secondary N) is 2. The molecule has 0 spiro atoms. The number of amides is 2. The van der Waals surface area contributed by atoms with E-state index >= 15 is 0 Å². The van der Waals surface area contributed by atoms with Gasteiger partial charge >= 0.3 is 5.97 Å². The second kappa shape index (κ2) is 10.3. The summed E-state index contributed by atoms with van der Waals surface area (Å²) in [7, 11) is 0. The quantitative estimate of drug-likeness (QED) is 0.661. The van der Waals surface area contributed by atoms with Gasteiger partial charge in [0.1, 0.15) is 0 Å². The van der Waals surface area contributed by atoms with Crippen molar-refractivity contribution in [3.63, 3.8) is 0 Å². The van der Waals surface area contributed by atoms with Gasteiger partial charge in [0.05, 0.1) is 11.3 Å². The van der Waals surface area contributed by atoms with Gasteiger partial charge in [0.25, 0.3) is 11.8 Å². The van der Waals surface area contributed by atoms with Gasteiger partial charge in [-0.15, -0.1) is 0 Å². The maximum Gasteiger partial charge on any atom is 0.306 e. The van der Waals surface area contributed by atoms with Crippen molar-refractivity contribution in [3.8, 4) is 0 Å². The van der Waals surface area contributed by atoms with Crippen LogP contribution in [0.5, 0.6) is 0 Å². The van der Waals surface area contributed by atoms with Crippen LogP contribution in [0, 0.1) is 0 Å². The van der Waals surface area contributed by atoms with Crippen LogP contribution in [-0.2, 0) is 14.3 Å². The molecule has 2 aromatic rings. The highest BCUT2D eigenvalue weighted by Gasteiger charge is 2.14. The number of esters is 1. The molecular formula is C20H21ClN2O4. The molecule has 7 heteroatoms. The molecule has 6 nitrogen and oxygen atoms in total. The first-order valence-electron chi connectivity index (χ1n) is 8.61. The molecule has 2 aromatic carbocycles. The van der Waals surface area contributed by atoms with Gasteiger partial charge in [0.2, 0.25) is 0 Å². The van der Waals surface area contributed by atoms with Gasteiger partial charge in [-0.05, 0) is 42.8 Å². The fourth-order valence-electron chi connectivity index (χ4n) is 2.25. The summed E-state index contributed by atoms with van der Waals surface area (Å²) in [4.78, 5) is 36.0. The Morgan fingerprint density at radius 3 is 2.41 bits per heavy atom. The summed E-state index contributed by atoms with van der Waals surface area (Å²) in [6.07, 6.45) is 1.87. The van der Waals surface area contributed by atoms with Crippen LogP contribution in [0.4, 0.5) is 11.4 Å². The third kappa shape index (κ3) is 6.75. The van der Waals surface area contributed by atoms with Gasteiger partial charge < -0.3 is 15.4 Å². The minimum atomic E-state index is -0.508. The monoisotopic (exact) mass is 388 g/mol. The molecule has 27 heavy (non-hydrogen) atoms. The molecule has 0 saturated heterocycles. The summed E-state index contributed by atoms with van der Waals surface area (Å²) >= 11 is 5.83. The number of carbonyl (C=O) groups is 3. The van der Waals surface area contributed by atoms with Crippen molar-refractivity contribution in [2.24, 2.45) is 0 Å². The maximum atomic E-state index is 12.5. The number of hydrogen-bond acceptors (Lipinski definition) is 4. The van der Waals surface area contributed by atoms with E-state index in [1.807, 2.05) is 6.92 Å². The molecule has 142 valence electrons. The molecule has 0 aliphatic rings. The van der Waals surface area contributed by atoms with Gasteiger partial charge in [-0.2, -0.15) is 0 Å². The van der Waals surface area contributed by atoms with Crippen LogP contribution in [0.3, 0.4) is 0 Å². The summed E-state index contributed by atoms with van der Waals surface area (Å²) in [6.45, 7) is 1.57. The molecule has 2 amide bonds. The molecule has 0 unspecified atom stereocenters. The molecule has 0 aliphatic heterocycles. The summed E-state index contributed by atoms with van der Waals surface area (Å²) in [6, 6.07) is 13.3. The van der Waals surface area contributed by atoms with Crippen LogP contribution in [0.25, 0.3) is 0 Å². The molecular weight excluding hydrogens is 368 g/mol. The average molecular weight is 389 g/mol. The Kier molecular flexibility index (Phi) is 7.82. The van der Waals surface area contributed by atoms with E-state index in [9.17, 15) is 14.4 Å². The lowest BCUT2D eigenvalue weighted by molar-refractivity contribution is -0.147. The Morgan fingerprint density at radius 2 is 1.70 bits per heavy atom. The number of ether oxygens (including phenoxy) is 1. The van der Waals surface area contributed by atoms with Crippen LogP contribution < -0.4 is 10.6 Å². The zero-order valence-corrected chi connectivity index (χ0v) is 15.7. The molecule has 0 aromatic heterocycles. The van der Waals surface area contributed by atoms with Gasteiger partial charge in [-0.25, -0.2) is 0 Å². The zero-order chi connectivity index (χ0) is 19.6. The van der Waals surface area contributed by atoms with E-state index in [4.69, 9.17) is 16.3 Å². The van der Waals surface area contributed by atoms with E-state index in [0.717, 1.165) is 6.42 Å². The number of para-hydroxylation sites is 1. The second-order valence-corrected chi connectivity index (χ2v) is 6.26. The number of halogens is 1. The average Bonchev–Trinajstić information content (AvgIpc) is 2.67. The van der Waals surface area contributed by atoms with E-state index in [2.05, 4.69) is 10.6 Å². The molecule has 2 N–H and O–H groups in total. The van der Waals surface area contributed by atoms with Crippen molar-refractivity contribution in [2.75, 3.05) is 17.2 Å². The number of rotatable bonds is 8. The van der Waals surface area contributed by atoms with E-state index in [1.54, 1.807) is 48.5 Å². The zero-order valence-electron chi connectivity index (χ0n) is 15.0. The smallest absolute Gasteiger partial charge is 0.306 e. The van der Waals surface area contributed by atoms with E-state index in [-0.39, 0.29) is 17.9 Å². The van der Waals surface area contributed by atoms with Crippen molar-refractivity contribution in [1.82, 2.24) is 0 Å². The van der Waals surface area contributed by atoms with Crippen LogP contribution in [0.1, 0.15) is 36.5 Å². The van der Waals surface area contributed by atoms with E-state index in [0.29, 0.717) is 22.8 Å². The van der Waals surface area contributed by atoms with E-state index < -0.39 is 18.5 Å². The number of unbranched alkanes of at least 4 members (excludes halogenated alkanes) is 1. The minimum Gasteiger partial charge on any atom is -0.456 e. The highest BCUT2D eigenvalue weighted by atomic mass is 35.5. The number of carbonyl (C=O) groups excluding carboxylic acids is 3. The Balaban J connectivity index is 1.98. The SMILES string of the molecule is CCCCC(=O)OCC(=O)Nc1ccccc1C(=O)Nc1ccc(Cl)cc1. The predicted octanol–water partition coefficient (Wildman–Crippen LogP) is 4.26. The third-order valence-corrected chi connectivity index (χ3v) is 3.90. The molecule has 0 aliphatic carbocycles. The van der Waals surface area contributed by atoms with Crippen molar-refractivity contribution < 1.29 is 19.1 Å². The van der Waals surface area contributed by atoms with Crippen LogP contribution in [-0.4, -0.2) is 24.4 Å². The molecule has 0 saturated carbocycles. The minimum absolute atomic E-state index is 0.282. The fraction of sp³-hybridized carbons (Fsp3) is 0.250. The number of anilines is 2. The van der Waals surface area contributed by atoms with E-state index in [1.165, 1.54) is 0 Å². The molecule has 0 bridgehead atoms. The summed E-state index contributed by atoms with van der Waals surface area (Å²) in [5.74, 6) is -1.31. The maximum absolute atomic E-state index is 12.5. The Labute approximate surface area is 162 Å². The summed E-state index contributed by atoms with van der Waals surface area (Å²) in [5.41, 5.74) is 1.20. The van der Waals surface area contributed by atoms with Crippen LogP contribution in [0.15, 0.2) is 48.5 Å². The van der Waals surface area contributed by atoms with Crippen LogP contribution in [0.2, 0.25) is 5.02 Å². The molecule has 0 atom stereocenters. The third-order valence-electron chi connectivity index (χ3n) is 3.65. The van der Waals surface area contributed by atoms with Gasteiger partial charge in [0.15, 0.2) is 6.61 Å². The first-order valence-corrected chi connectivity index (χ1v) is 8.99. The predicted molar refractivity (Wildman–Crippen MR) is 105 cm³/mol. The molecule has 0 radical (unpaired) electrons. The van der Waals surface area contributed by atoms with Crippen molar-refractivity contribution in [1.29, 1.82) is 0 Å². The van der Waals surface area contributed by atoms with Crippen molar-refractivity contribution >= 4 is 40.8 Å². The molecule has 0 fully saturated rings. The highest BCUT2D eigenvalue weighted by Crippen LogP contribution is 2.19. The Bertz CT molecular complexity index is 806. The van der Waals surface area contributed by atoms with Crippen molar-refractivity contribution in [3.05, 3.63) is 59.1 Å². The fourth-order valence-corrected chi connectivity index (χ4v) is 2.37. The number of benzene rings is 2. The second-order valence-electron chi connectivity index (χ2n) is 5.82. The lowest BCUT2D eigenvalue weighted by Gasteiger charge is -2.12. The van der Waals surface area contributed by atoms with Crippen molar-refractivity contribution in [2.45, 2.75) is 26.2 Å². The number of hydrogen-bond donors (Lipinski definition) is 2. The first-order chi connectivity index (χ1) is 13.0. The van der Waals surface area contributed by atoms with Gasteiger partial charge in [-0.1, -0.05) is 37.1 Å². The van der Waals surface area contributed by atoms with Gasteiger partial charge in [0, 0.05) is 17.1 Å². The lowest BCUT2D eigenvalue weighted by atomic mass is 10.1. The lowest BCUT2D eigenvalue weighted by Crippen LogP contribution is -2.23. The summed E-state index contributed by atoms with van der Waals surface area (Å²) < 4.78 is 4.92. The standard InChI is InChI=1S/C20H21ClN2O4/c1-2-3-8-19(25)27-13-18(24)23-17-7-5-4-6-16(17)20(26)22-15-11-9-14(21)10-12-15/h4-7,9-12H,2-3,8,13H2,1H3,(H,22,26)(H,23,24). The largest absolute Gasteiger partial charge is 0.456 e. The first kappa shape index (κ1) is 20.5.